The van der Waals surface area contributed by atoms with Crippen LogP contribution in [0.4, 0.5) is 0 Å². The maximum atomic E-state index is 12.7. The molecule has 1 heterocycles. The molecular formula is C17H14ClNO. The second-order valence-electron chi connectivity index (χ2n) is 4.98. The van der Waals surface area contributed by atoms with Crippen molar-refractivity contribution in [2.45, 2.75) is 6.92 Å². The fourth-order valence-corrected chi connectivity index (χ4v) is 2.79. The first-order valence-electron chi connectivity index (χ1n) is 6.43. The fourth-order valence-electron chi connectivity index (χ4n) is 2.47. The molecule has 0 saturated heterocycles. The summed E-state index contributed by atoms with van der Waals surface area (Å²) in [5, 5.41) is 1.46. The topological polar surface area (TPSA) is 22.0 Å². The number of benzene rings is 2. The first kappa shape index (κ1) is 12.9. The van der Waals surface area contributed by atoms with Gasteiger partial charge in [0, 0.05) is 35.3 Å². The Bertz CT molecular complexity index is 817. The molecule has 2 aromatic carbocycles. The normalized spacial score (nSPS) is 10.9. The van der Waals surface area contributed by atoms with E-state index < -0.39 is 0 Å². The van der Waals surface area contributed by atoms with Crippen LogP contribution >= 0.6 is 11.6 Å². The maximum Gasteiger partial charge on any atom is 0.196 e. The second kappa shape index (κ2) is 4.80. The smallest absolute Gasteiger partial charge is 0.196 e. The lowest BCUT2D eigenvalue weighted by Crippen LogP contribution is -2.01. The molecule has 100 valence electrons. The number of aryl methyl sites for hydroxylation is 2. The van der Waals surface area contributed by atoms with Gasteiger partial charge in [-0.25, -0.2) is 0 Å². The third kappa shape index (κ3) is 2.02. The molecule has 20 heavy (non-hydrogen) atoms. The van der Waals surface area contributed by atoms with Crippen LogP contribution in [0.1, 0.15) is 21.5 Å². The lowest BCUT2D eigenvalue weighted by atomic mass is 10.0. The standard InChI is InChI=1S/C17H14ClNO/c1-11-7-8-13(15(18)9-11)17(20)14-10-19(2)16-6-4-3-5-12(14)16/h3-10H,1-2H3. The lowest BCUT2D eigenvalue weighted by Gasteiger charge is -2.03. The van der Waals surface area contributed by atoms with Crippen LogP contribution in [0.25, 0.3) is 10.9 Å². The molecule has 0 radical (unpaired) electrons. The van der Waals surface area contributed by atoms with Crippen LogP contribution in [0.3, 0.4) is 0 Å². The molecule has 0 atom stereocenters. The first-order chi connectivity index (χ1) is 9.58. The van der Waals surface area contributed by atoms with Gasteiger partial charge in [0.25, 0.3) is 0 Å². The number of halogens is 1. The van der Waals surface area contributed by atoms with E-state index in [4.69, 9.17) is 11.6 Å². The number of para-hydroxylation sites is 1. The number of rotatable bonds is 2. The van der Waals surface area contributed by atoms with Crippen molar-refractivity contribution in [1.82, 2.24) is 4.57 Å². The van der Waals surface area contributed by atoms with Crippen molar-refractivity contribution >= 4 is 28.3 Å². The molecule has 1 aromatic heterocycles. The number of carbonyl (C=O) groups excluding carboxylic acids is 1. The maximum absolute atomic E-state index is 12.7. The second-order valence-corrected chi connectivity index (χ2v) is 5.39. The van der Waals surface area contributed by atoms with Crippen LogP contribution in [0, 0.1) is 6.92 Å². The third-order valence-corrected chi connectivity index (χ3v) is 3.82. The molecule has 0 aliphatic carbocycles. The average molecular weight is 284 g/mol. The van der Waals surface area contributed by atoms with Gasteiger partial charge in [-0.05, 0) is 30.7 Å². The van der Waals surface area contributed by atoms with E-state index in [2.05, 4.69) is 0 Å². The van der Waals surface area contributed by atoms with Crippen molar-refractivity contribution in [1.29, 1.82) is 0 Å². The Kier molecular flexibility index (Phi) is 3.11. The quantitative estimate of drug-likeness (QED) is 0.640. The highest BCUT2D eigenvalue weighted by Gasteiger charge is 2.17. The molecule has 2 nitrogen and oxygen atoms in total. The minimum Gasteiger partial charge on any atom is -0.350 e. The molecule has 0 N–H and O–H groups in total. The number of carbonyl (C=O) groups is 1. The minimum absolute atomic E-state index is 0.0354. The van der Waals surface area contributed by atoms with E-state index in [1.807, 2.05) is 61.1 Å². The monoisotopic (exact) mass is 283 g/mol. The fraction of sp³-hybridized carbons (Fsp3) is 0.118. The Morgan fingerprint density at radius 2 is 1.85 bits per heavy atom. The van der Waals surface area contributed by atoms with Gasteiger partial charge in [-0.2, -0.15) is 0 Å². The Hall–Kier alpha value is -2.06. The molecule has 3 heteroatoms. The summed E-state index contributed by atoms with van der Waals surface area (Å²) in [7, 11) is 1.94. The molecule has 3 aromatic rings. The predicted octanol–water partition coefficient (Wildman–Crippen LogP) is 4.37. The predicted molar refractivity (Wildman–Crippen MR) is 82.5 cm³/mol. The molecular weight excluding hydrogens is 270 g/mol. The summed E-state index contributed by atoms with van der Waals surface area (Å²) in [5.41, 5.74) is 3.33. The highest BCUT2D eigenvalue weighted by atomic mass is 35.5. The zero-order valence-electron chi connectivity index (χ0n) is 11.4. The van der Waals surface area contributed by atoms with Gasteiger partial charge in [-0.1, -0.05) is 35.9 Å². The summed E-state index contributed by atoms with van der Waals surface area (Å²) >= 11 is 6.20. The van der Waals surface area contributed by atoms with Gasteiger partial charge in [0.2, 0.25) is 0 Å². The summed E-state index contributed by atoms with van der Waals surface area (Å²) in [6.07, 6.45) is 1.86. The van der Waals surface area contributed by atoms with E-state index in [1.165, 1.54) is 0 Å². The molecule has 0 spiro atoms. The van der Waals surface area contributed by atoms with Crippen LogP contribution in [0.15, 0.2) is 48.7 Å². The molecule has 0 fully saturated rings. The van der Waals surface area contributed by atoms with E-state index in [1.54, 1.807) is 6.07 Å². The third-order valence-electron chi connectivity index (χ3n) is 3.51. The van der Waals surface area contributed by atoms with Crippen molar-refractivity contribution in [3.05, 3.63) is 70.4 Å². The van der Waals surface area contributed by atoms with E-state index in [0.29, 0.717) is 16.1 Å². The van der Waals surface area contributed by atoms with E-state index in [-0.39, 0.29) is 5.78 Å². The van der Waals surface area contributed by atoms with Gasteiger partial charge in [-0.15, -0.1) is 0 Å². The Morgan fingerprint density at radius 1 is 1.10 bits per heavy atom. The summed E-state index contributed by atoms with van der Waals surface area (Å²) < 4.78 is 1.96. The number of hydrogen-bond donors (Lipinski definition) is 0. The van der Waals surface area contributed by atoms with E-state index in [9.17, 15) is 4.79 Å². The van der Waals surface area contributed by atoms with E-state index >= 15 is 0 Å². The lowest BCUT2D eigenvalue weighted by molar-refractivity contribution is 0.104. The van der Waals surface area contributed by atoms with Crippen LogP contribution in [0.5, 0.6) is 0 Å². The largest absolute Gasteiger partial charge is 0.350 e. The minimum atomic E-state index is -0.0354. The molecule has 0 bridgehead atoms. The average Bonchev–Trinajstić information content (AvgIpc) is 2.76. The molecule has 0 aliphatic rings. The molecule has 0 saturated carbocycles. The molecule has 0 amide bonds. The van der Waals surface area contributed by atoms with Crippen molar-refractivity contribution in [3.8, 4) is 0 Å². The Balaban J connectivity index is 2.18. The number of aromatic nitrogens is 1. The zero-order chi connectivity index (χ0) is 14.3. The summed E-state index contributed by atoms with van der Waals surface area (Å²) in [4.78, 5) is 12.7. The van der Waals surface area contributed by atoms with Crippen molar-refractivity contribution in [2.24, 2.45) is 7.05 Å². The SMILES string of the molecule is Cc1ccc(C(=O)c2cn(C)c3ccccc23)c(Cl)c1. The highest BCUT2D eigenvalue weighted by molar-refractivity contribution is 6.35. The van der Waals surface area contributed by atoms with Crippen molar-refractivity contribution in [3.63, 3.8) is 0 Å². The van der Waals surface area contributed by atoms with Gasteiger partial charge < -0.3 is 4.57 Å². The van der Waals surface area contributed by atoms with Crippen LogP contribution in [0.2, 0.25) is 5.02 Å². The van der Waals surface area contributed by atoms with Crippen LogP contribution in [-0.2, 0) is 7.05 Å². The van der Waals surface area contributed by atoms with Gasteiger partial charge in [0.15, 0.2) is 5.78 Å². The zero-order valence-corrected chi connectivity index (χ0v) is 12.1. The van der Waals surface area contributed by atoms with Gasteiger partial charge in [-0.3, -0.25) is 4.79 Å². The Morgan fingerprint density at radius 3 is 2.60 bits per heavy atom. The summed E-state index contributed by atoms with van der Waals surface area (Å²) in [6, 6.07) is 13.4. The number of fused-ring (bicyclic) bond motifs is 1. The summed E-state index contributed by atoms with van der Waals surface area (Å²) in [6.45, 7) is 1.96. The molecule has 0 aliphatic heterocycles. The van der Waals surface area contributed by atoms with Gasteiger partial charge >= 0.3 is 0 Å². The van der Waals surface area contributed by atoms with Crippen LogP contribution in [-0.4, -0.2) is 10.4 Å². The van der Waals surface area contributed by atoms with Gasteiger partial charge in [0.05, 0.1) is 5.02 Å². The highest BCUT2D eigenvalue weighted by Crippen LogP contribution is 2.26. The van der Waals surface area contributed by atoms with E-state index in [0.717, 1.165) is 16.5 Å². The summed E-state index contributed by atoms with van der Waals surface area (Å²) in [5.74, 6) is -0.0354. The van der Waals surface area contributed by atoms with Gasteiger partial charge in [0.1, 0.15) is 0 Å². The van der Waals surface area contributed by atoms with Crippen molar-refractivity contribution < 1.29 is 4.79 Å². The first-order valence-corrected chi connectivity index (χ1v) is 6.80. The number of ketones is 1. The van der Waals surface area contributed by atoms with Crippen molar-refractivity contribution in [2.75, 3.05) is 0 Å². The van der Waals surface area contributed by atoms with Crippen LogP contribution < -0.4 is 0 Å². The molecule has 3 rings (SSSR count). The Labute approximate surface area is 122 Å². The molecule has 0 unspecified atom stereocenters. The number of nitrogens with zero attached hydrogens (tertiary/aromatic N) is 1. The number of hydrogen-bond acceptors (Lipinski definition) is 1.